The van der Waals surface area contributed by atoms with Gasteiger partial charge in [0, 0.05) is 17.0 Å². The Morgan fingerprint density at radius 3 is 2.47 bits per heavy atom. The molecule has 0 aromatic heterocycles. The Labute approximate surface area is 260 Å². The number of carbonyl (C=O) groups excluding carboxylic acids is 2. The van der Waals surface area contributed by atoms with Crippen molar-refractivity contribution < 1.29 is 58.1 Å². The molecule has 2 N–H and O–H groups in total. The Kier molecular flexibility index (Phi) is 11.6. The van der Waals surface area contributed by atoms with Crippen LogP contribution in [-0.2, 0) is 26.0 Å². The number of nitrogens with zero attached hydrogens (tertiary/aromatic N) is 1. The van der Waals surface area contributed by atoms with Gasteiger partial charge in [0.2, 0.25) is 11.8 Å². The van der Waals surface area contributed by atoms with Crippen molar-refractivity contribution in [1.29, 1.82) is 5.26 Å². The van der Waals surface area contributed by atoms with Gasteiger partial charge in [-0.15, -0.1) is 0 Å². The first-order valence-corrected chi connectivity index (χ1v) is 13.5. The Balaban J connectivity index is 0.00000380. The zero-order chi connectivity index (χ0) is 27.3. The Hall–Kier alpha value is -2.17. The summed E-state index contributed by atoms with van der Waals surface area (Å²) in [5, 5.41) is 11.7. The van der Waals surface area contributed by atoms with Crippen LogP contribution in [0.5, 0.6) is 11.5 Å². The second-order valence-corrected chi connectivity index (χ2v) is 10.9. The maximum atomic E-state index is 15.2. The third kappa shape index (κ3) is 8.16. The number of anilines is 1. The molecule has 0 spiro atoms. The van der Waals surface area contributed by atoms with Crippen molar-refractivity contribution in [2.45, 2.75) is 24.7 Å². The summed E-state index contributed by atoms with van der Waals surface area (Å²) in [5.41, 5.74) is 0.304. The van der Waals surface area contributed by atoms with E-state index in [4.69, 9.17) is 33.2 Å². The molecule has 38 heavy (non-hydrogen) atoms. The molecule has 8 nitrogen and oxygen atoms in total. The van der Waals surface area contributed by atoms with Crippen LogP contribution in [-0.4, -0.2) is 20.2 Å². The van der Waals surface area contributed by atoms with Crippen LogP contribution < -0.4 is 44.3 Å². The largest absolute Gasteiger partial charge is 1.00 e. The topological polar surface area (TPSA) is 125 Å². The molecule has 0 heterocycles. The predicted molar refractivity (Wildman–Crippen MR) is 141 cm³/mol. The molecule has 2 amide bonds. The summed E-state index contributed by atoms with van der Waals surface area (Å²) in [4.78, 5) is 23.8. The van der Waals surface area contributed by atoms with E-state index in [1.165, 1.54) is 49.4 Å². The van der Waals surface area contributed by atoms with E-state index in [1.807, 2.05) is 10.8 Å². The zero-order valence-electron chi connectivity index (χ0n) is 20.9. The van der Waals surface area contributed by atoms with Crippen molar-refractivity contribution in [2.75, 3.05) is 5.32 Å². The quantitative estimate of drug-likeness (QED) is 0.361. The fraction of sp³-hybridized carbons (Fsp3) is 0.125. The minimum Gasteiger partial charge on any atom is -1.00 e. The van der Waals surface area contributed by atoms with Crippen LogP contribution >= 0.6 is 39.1 Å². The second-order valence-electron chi connectivity index (χ2n) is 7.49. The molecule has 0 radical (unpaired) electrons. The molecule has 0 bridgehead atoms. The zero-order valence-corrected chi connectivity index (χ0v) is 25.9. The summed E-state index contributed by atoms with van der Waals surface area (Å²) in [6, 6.07) is 12.5. The van der Waals surface area contributed by atoms with E-state index in [2.05, 4.69) is 21.2 Å². The van der Waals surface area contributed by atoms with Crippen molar-refractivity contribution in [3.63, 3.8) is 0 Å². The van der Waals surface area contributed by atoms with Gasteiger partial charge in [-0.1, -0.05) is 36.2 Å². The average Bonchev–Trinajstić information content (AvgIpc) is 2.84. The number of carbonyl (C=O) groups is 2. The van der Waals surface area contributed by atoms with Gasteiger partial charge in [0.1, 0.15) is 5.75 Å². The van der Waals surface area contributed by atoms with Crippen molar-refractivity contribution in [3.8, 4) is 17.6 Å². The van der Waals surface area contributed by atoms with Crippen LogP contribution in [0.25, 0.3) is 0 Å². The molecular formula is C24H18BrCl2FN3NaO5S. The normalized spacial score (nSPS) is 10.6. The van der Waals surface area contributed by atoms with Gasteiger partial charge in [-0.3, -0.25) is 9.59 Å². The first-order chi connectivity index (χ1) is 17.4. The van der Waals surface area contributed by atoms with Gasteiger partial charge in [0.05, 0.1) is 38.1 Å². The summed E-state index contributed by atoms with van der Waals surface area (Å²) >= 11 is 15.3. The summed E-state index contributed by atoms with van der Waals surface area (Å²) in [7, 11) is -4.13. The Morgan fingerprint density at radius 1 is 1.13 bits per heavy atom. The van der Waals surface area contributed by atoms with Gasteiger partial charge < -0.3 is 11.5 Å². The number of hydrogen-bond acceptors (Lipinski definition) is 6. The molecule has 3 rings (SSSR count). The minimum atomic E-state index is -4.13. The minimum absolute atomic E-state index is 0. The molecule has 0 aliphatic rings. The van der Waals surface area contributed by atoms with Gasteiger partial charge in [0.25, 0.3) is 10.0 Å². The molecule has 0 saturated heterocycles. The molecule has 194 valence electrons. The first-order valence-electron chi connectivity index (χ1n) is 10.4. The average molecular weight is 653 g/mol. The standard InChI is InChI=1S/C24H17BrCl2FN3O5S.Na.H/c1-2-21(32)31-37(34,35)17-4-6-20(19(27)11-17)30-22(33)9-14-3-5-18(25)24(23(14)28)36-16-8-13(12-29)7-15(26)10-16;;/h3-8,10-11H,2,9H2,1H3,(H,30,33)(H,31,32);;/q;+1;-1. The van der Waals surface area contributed by atoms with E-state index >= 15 is 4.39 Å². The number of nitriles is 1. The molecule has 0 fully saturated rings. The fourth-order valence-electron chi connectivity index (χ4n) is 3.02. The van der Waals surface area contributed by atoms with Crippen LogP contribution in [0.2, 0.25) is 10.0 Å². The van der Waals surface area contributed by atoms with Crippen molar-refractivity contribution in [1.82, 2.24) is 4.72 Å². The van der Waals surface area contributed by atoms with E-state index in [1.54, 1.807) is 0 Å². The van der Waals surface area contributed by atoms with Crippen LogP contribution in [0.15, 0.2) is 57.9 Å². The number of nitrogens with one attached hydrogen (secondary N) is 2. The van der Waals surface area contributed by atoms with E-state index in [-0.39, 0.29) is 85.1 Å². The molecule has 0 saturated carbocycles. The monoisotopic (exact) mass is 651 g/mol. The predicted octanol–water partition coefficient (Wildman–Crippen LogP) is 3.07. The molecule has 14 heteroatoms. The van der Waals surface area contributed by atoms with Gasteiger partial charge >= 0.3 is 29.6 Å². The Bertz CT molecular complexity index is 1560. The van der Waals surface area contributed by atoms with Gasteiger partial charge in [-0.25, -0.2) is 17.5 Å². The van der Waals surface area contributed by atoms with Gasteiger partial charge in [-0.05, 0) is 58.4 Å². The van der Waals surface area contributed by atoms with E-state index < -0.39 is 34.1 Å². The fourth-order valence-corrected chi connectivity index (χ4v) is 5.01. The smallest absolute Gasteiger partial charge is 1.00 e. The van der Waals surface area contributed by atoms with Crippen LogP contribution in [0.1, 0.15) is 25.9 Å². The molecule has 3 aromatic rings. The van der Waals surface area contributed by atoms with Crippen molar-refractivity contribution >= 4 is 66.7 Å². The number of halogens is 4. The molecule has 0 unspecified atom stereocenters. The summed E-state index contributed by atoms with van der Waals surface area (Å²) in [6.45, 7) is 1.50. The van der Waals surface area contributed by atoms with Crippen LogP contribution in [0.4, 0.5) is 10.1 Å². The molecule has 0 atom stereocenters. The van der Waals surface area contributed by atoms with E-state index in [0.29, 0.717) is 0 Å². The maximum Gasteiger partial charge on any atom is 1.00 e. The second kappa shape index (κ2) is 13.8. The molecule has 0 aliphatic carbocycles. The number of amides is 2. The summed E-state index contributed by atoms with van der Waals surface area (Å²) < 4.78 is 47.5. The van der Waals surface area contributed by atoms with Crippen LogP contribution in [0.3, 0.4) is 0 Å². The van der Waals surface area contributed by atoms with Gasteiger partial charge in [-0.2, -0.15) is 5.26 Å². The number of sulfonamides is 1. The molecule has 3 aromatic carbocycles. The summed E-state index contributed by atoms with van der Waals surface area (Å²) in [5.74, 6) is -2.23. The maximum absolute atomic E-state index is 15.2. The van der Waals surface area contributed by atoms with Crippen molar-refractivity contribution in [3.05, 3.63) is 80.0 Å². The third-order valence-corrected chi connectivity index (χ3v) is 7.32. The molecular weight excluding hydrogens is 635 g/mol. The van der Waals surface area contributed by atoms with Gasteiger partial charge in [0.15, 0.2) is 11.6 Å². The van der Waals surface area contributed by atoms with E-state index in [9.17, 15) is 18.0 Å². The molecule has 0 aliphatic heterocycles. The Morgan fingerprint density at radius 2 is 1.84 bits per heavy atom. The van der Waals surface area contributed by atoms with Crippen molar-refractivity contribution in [2.24, 2.45) is 0 Å². The first kappa shape index (κ1) is 32.0. The summed E-state index contributed by atoms with van der Waals surface area (Å²) in [6.07, 6.45) is -0.433. The number of benzene rings is 3. The number of rotatable bonds is 8. The SMILES string of the molecule is CCC(=O)NS(=O)(=O)c1ccc(NC(=O)Cc2ccc(Br)c(Oc3cc(Cl)cc(C#N)c3)c2F)c(Cl)c1.[H-].[Na+]. The van der Waals surface area contributed by atoms with Crippen LogP contribution in [0, 0.1) is 17.1 Å². The number of ether oxygens (including phenoxy) is 1. The number of hydrogen-bond donors (Lipinski definition) is 2. The van der Waals surface area contributed by atoms with E-state index in [0.717, 1.165) is 6.07 Å². The third-order valence-electron chi connectivity index (χ3n) is 4.79.